The molecule has 0 amide bonds. The average molecular weight is 177 g/mol. The third-order valence-electron chi connectivity index (χ3n) is 1.83. The summed E-state index contributed by atoms with van der Waals surface area (Å²) in [7, 11) is 0. The summed E-state index contributed by atoms with van der Waals surface area (Å²) in [5.41, 5.74) is 7.50. The van der Waals surface area contributed by atoms with Crippen molar-refractivity contribution in [2.75, 3.05) is 0 Å². The lowest BCUT2D eigenvalue weighted by atomic mass is 10.2. The van der Waals surface area contributed by atoms with Crippen molar-refractivity contribution >= 4 is 5.65 Å². The van der Waals surface area contributed by atoms with E-state index in [2.05, 4.69) is 15.5 Å². The van der Waals surface area contributed by atoms with Crippen molar-refractivity contribution in [3.63, 3.8) is 0 Å². The summed E-state index contributed by atoms with van der Waals surface area (Å²) in [6.07, 6.45) is 0.780. The normalized spacial score (nSPS) is 13.4. The van der Waals surface area contributed by atoms with E-state index in [4.69, 9.17) is 5.73 Å². The van der Waals surface area contributed by atoms with E-state index in [1.165, 1.54) is 0 Å². The topological polar surface area (TPSA) is 69.1 Å². The predicted octanol–water partition coefficient (Wildman–Crippen LogP) is 0.0140. The molecule has 0 aliphatic heterocycles. The molecule has 2 N–H and O–H groups in total. The molecule has 1 unspecified atom stereocenters. The van der Waals surface area contributed by atoms with Crippen LogP contribution in [0.5, 0.6) is 0 Å². The zero-order valence-corrected chi connectivity index (χ0v) is 7.38. The molecule has 0 saturated heterocycles. The van der Waals surface area contributed by atoms with Crippen molar-refractivity contribution in [3.05, 3.63) is 23.9 Å². The molecule has 0 saturated carbocycles. The van der Waals surface area contributed by atoms with Gasteiger partial charge in [-0.1, -0.05) is 6.07 Å². The minimum atomic E-state index is 0.120. The fourth-order valence-electron chi connectivity index (χ4n) is 1.30. The summed E-state index contributed by atoms with van der Waals surface area (Å²) < 4.78 is 1.71. The molecule has 13 heavy (non-hydrogen) atoms. The molecule has 0 aliphatic rings. The van der Waals surface area contributed by atoms with Crippen molar-refractivity contribution in [1.82, 2.24) is 20.0 Å². The van der Waals surface area contributed by atoms with Gasteiger partial charge in [-0.25, -0.2) is 0 Å². The van der Waals surface area contributed by atoms with E-state index in [0.717, 1.165) is 17.8 Å². The largest absolute Gasteiger partial charge is 0.328 e. The Hall–Kier alpha value is -1.49. The van der Waals surface area contributed by atoms with E-state index >= 15 is 0 Å². The highest BCUT2D eigenvalue weighted by atomic mass is 15.5. The fourth-order valence-corrected chi connectivity index (χ4v) is 1.30. The summed E-state index contributed by atoms with van der Waals surface area (Å²) in [4.78, 5) is 0. The van der Waals surface area contributed by atoms with E-state index < -0.39 is 0 Å². The van der Waals surface area contributed by atoms with Gasteiger partial charge in [-0.3, -0.25) is 0 Å². The van der Waals surface area contributed by atoms with Gasteiger partial charge in [-0.2, -0.15) is 4.52 Å². The van der Waals surface area contributed by atoms with Crippen LogP contribution < -0.4 is 5.73 Å². The Kier molecular flexibility index (Phi) is 1.94. The maximum absolute atomic E-state index is 5.70. The third kappa shape index (κ3) is 1.50. The number of hydrogen-bond acceptors (Lipinski definition) is 4. The number of aromatic nitrogens is 4. The van der Waals surface area contributed by atoms with Crippen molar-refractivity contribution in [2.24, 2.45) is 5.73 Å². The van der Waals surface area contributed by atoms with Crippen LogP contribution in [0.4, 0.5) is 0 Å². The molecule has 68 valence electrons. The molecule has 0 bridgehead atoms. The van der Waals surface area contributed by atoms with Gasteiger partial charge < -0.3 is 5.73 Å². The number of nitrogens with zero attached hydrogens (tertiary/aromatic N) is 4. The molecule has 0 radical (unpaired) electrons. The molecule has 1 atom stereocenters. The smallest absolute Gasteiger partial charge is 0.179 e. The van der Waals surface area contributed by atoms with Gasteiger partial charge in [0.15, 0.2) is 5.65 Å². The van der Waals surface area contributed by atoms with Crippen LogP contribution >= 0.6 is 0 Å². The Morgan fingerprint density at radius 3 is 3.15 bits per heavy atom. The first-order chi connectivity index (χ1) is 6.27. The molecular formula is C8H11N5. The van der Waals surface area contributed by atoms with E-state index in [1.54, 1.807) is 4.52 Å². The van der Waals surface area contributed by atoms with Crippen LogP contribution in [-0.4, -0.2) is 26.1 Å². The van der Waals surface area contributed by atoms with Crippen LogP contribution in [0.25, 0.3) is 5.65 Å². The number of pyridine rings is 1. The molecule has 2 aromatic heterocycles. The van der Waals surface area contributed by atoms with Crippen molar-refractivity contribution in [2.45, 2.75) is 19.4 Å². The Balaban J connectivity index is 2.48. The van der Waals surface area contributed by atoms with Crippen LogP contribution in [0, 0.1) is 0 Å². The van der Waals surface area contributed by atoms with Crippen LogP contribution in [0.15, 0.2) is 18.2 Å². The van der Waals surface area contributed by atoms with Gasteiger partial charge in [0.25, 0.3) is 0 Å². The van der Waals surface area contributed by atoms with E-state index in [9.17, 15) is 0 Å². The number of fused-ring (bicyclic) bond motifs is 1. The minimum Gasteiger partial charge on any atom is -0.328 e. The highest BCUT2D eigenvalue weighted by molar-refractivity contribution is 5.36. The van der Waals surface area contributed by atoms with Gasteiger partial charge in [0.1, 0.15) is 0 Å². The lowest BCUT2D eigenvalue weighted by molar-refractivity contribution is 0.685. The van der Waals surface area contributed by atoms with Crippen LogP contribution in [0.3, 0.4) is 0 Å². The highest BCUT2D eigenvalue weighted by Gasteiger charge is 2.04. The molecule has 0 fully saturated rings. The van der Waals surface area contributed by atoms with Gasteiger partial charge >= 0.3 is 0 Å². The van der Waals surface area contributed by atoms with Gasteiger partial charge in [-0.05, 0) is 29.5 Å². The average Bonchev–Trinajstić information content (AvgIpc) is 2.51. The monoisotopic (exact) mass is 177 g/mol. The molecule has 5 nitrogen and oxygen atoms in total. The Bertz CT molecular complexity index is 406. The molecule has 0 aliphatic carbocycles. The second-order valence-corrected chi connectivity index (χ2v) is 3.15. The zero-order chi connectivity index (χ0) is 9.26. The number of nitrogens with two attached hydrogens (primary N) is 1. The predicted molar refractivity (Wildman–Crippen MR) is 48.1 cm³/mol. The van der Waals surface area contributed by atoms with Gasteiger partial charge in [0.05, 0.1) is 0 Å². The summed E-state index contributed by atoms with van der Waals surface area (Å²) >= 11 is 0. The van der Waals surface area contributed by atoms with Gasteiger partial charge in [-0.15, -0.1) is 5.10 Å². The summed E-state index contributed by atoms with van der Waals surface area (Å²) in [6, 6.07) is 5.90. The first-order valence-corrected chi connectivity index (χ1v) is 4.19. The number of hydrogen-bond donors (Lipinski definition) is 1. The van der Waals surface area contributed by atoms with Gasteiger partial charge in [0, 0.05) is 18.2 Å². The Morgan fingerprint density at radius 2 is 2.38 bits per heavy atom. The fraction of sp³-hybridized carbons (Fsp3) is 0.375. The maximum Gasteiger partial charge on any atom is 0.179 e. The molecular weight excluding hydrogens is 166 g/mol. The zero-order valence-electron chi connectivity index (χ0n) is 7.38. The van der Waals surface area contributed by atoms with Crippen molar-refractivity contribution < 1.29 is 0 Å². The maximum atomic E-state index is 5.70. The molecule has 0 spiro atoms. The minimum absolute atomic E-state index is 0.120. The first-order valence-electron chi connectivity index (χ1n) is 4.19. The second kappa shape index (κ2) is 3.10. The summed E-state index contributed by atoms with van der Waals surface area (Å²) in [6.45, 7) is 1.96. The molecule has 0 aromatic carbocycles. The highest BCUT2D eigenvalue weighted by Crippen LogP contribution is 2.04. The van der Waals surface area contributed by atoms with Crippen LogP contribution in [-0.2, 0) is 6.42 Å². The standard InChI is InChI=1S/C8H11N5/c1-6(9)5-7-3-2-4-8-10-11-12-13(7)8/h2-4,6H,5,9H2,1H3. The van der Waals surface area contributed by atoms with E-state index in [1.807, 2.05) is 25.1 Å². The number of tetrazole rings is 1. The molecule has 2 rings (SSSR count). The molecule has 5 heteroatoms. The van der Waals surface area contributed by atoms with Crippen LogP contribution in [0.1, 0.15) is 12.6 Å². The molecule has 2 heterocycles. The lowest BCUT2D eigenvalue weighted by Crippen LogP contribution is -2.19. The Morgan fingerprint density at radius 1 is 1.54 bits per heavy atom. The number of rotatable bonds is 2. The van der Waals surface area contributed by atoms with E-state index in [-0.39, 0.29) is 6.04 Å². The van der Waals surface area contributed by atoms with E-state index in [0.29, 0.717) is 0 Å². The lowest BCUT2D eigenvalue weighted by Gasteiger charge is -2.05. The second-order valence-electron chi connectivity index (χ2n) is 3.15. The first kappa shape index (κ1) is 8.12. The molecule has 2 aromatic rings. The third-order valence-corrected chi connectivity index (χ3v) is 1.83. The summed E-state index contributed by atoms with van der Waals surface area (Å²) in [5, 5.41) is 11.3. The van der Waals surface area contributed by atoms with Crippen molar-refractivity contribution in [1.29, 1.82) is 0 Å². The van der Waals surface area contributed by atoms with Crippen molar-refractivity contribution in [3.8, 4) is 0 Å². The summed E-state index contributed by atoms with van der Waals surface area (Å²) in [5.74, 6) is 0. The Labute approximate surface area is 75.5 Å². The van der Waals surface area contributed by atoms with Crippen LogP contribution in [0.2, 0.25) is 0 Å². The SMILES string of the molecule is CC(N)Cc1cccc2nnnn12. The van der Waals surface area contributed by atoms with Gasteiger partial charge in [0.2, 0.25) is 0 Å². The quantitative estimate of drug-likeness (QED) is 0.701.